The molecule has 2 aromatic rings. The van der Waals surface area contributed by atoms with Crippen molar-refractivity contribution in [2.75, 3.05) is 32.2 Å². The predicted molar refractivity (Wildman–Crippen MR) is 109 cm³/mol. The zero-order chi connectivity index (χ0) is 20.8. The number of aryl methyl sites for hydroxylation is 1. The van der Waals surface area contributed by atoms with Crippen molar-refractivity contribution >= 4 is 35.2 Å². The number of rotatable bonds is 6. The number of ether oxygens (including phenoxy) is 4. The van der Waals surface area contributed by atoms with Gasteiger partial charge in [0, 0.05) is 16.8 Å². The molecule has 1 aliphatic heterocycles. The average Bonchev–Trinajstić information content (AvgIpc) is 2.72. The number of fused-ring (bicyclic) bond motifs is 1. The monoisotopic (exact) mass is 417 g/mol. The van der Waals surface area contributed by atoms with Gasteiger partial charge < -0.3 is 24.3 Å². The molecule has 0 aliphatic carbocycles. The van der Waals surface area contributed by atoms with Crippen LogP contribution in [0.1, 0.15) is 11.1 Å². The maximum absolute atomic E-state index is 12.0. The minimum absolute atomic E-state index is 0.417. The molecule has 1 amide bonds. The Bertz CT molecular complexity index is 939. The first-order valence-corrected chi connectivity index (χ1v) is 9.22. The molecule has 1 aliphatic rings. The predicted octanol–water partition coefficient (Wildman–Crippen LogP) is 3.62. The number of esters is 1. The molecule has 3 rings (SSSR count). The Morgan fingerprint density at radius 3 is 2.79 bits per heavy atom. The van der Waals surface area contributed by atoms with Crippen LogP contribution >= 0.6 is 11.6 Å². The minimum Gasteiger partial charge on any atom is -0.493 e. The summed E-state index contributed by atoms with van der Waals surface area (Å²) in [5.74, 6) is 0.466. The second-order valence-electron chi connectivity index (χ2n) is 6.20. The fraction of sp³-hybridized carbons (Fsp3) is 0.238. The van der Waals surface area contributed by atoms with Crippen molar-refractivity contribution in [2.24, 2.45) is 0 Å². The highest BCUT2D eigenvalue weighted by atomic mass is 35.5. The number of halogens is 1. The third-order valence-corrected chi connectivity index (χ3v) is 4.32. The lowest BCUT2D eigenvalue weighted by molar-refractivity contribution is -0.142. The maximum Gasteiger partial charge on any atom is 0.331 e. The number of carbonyl (C=O) groups excluding carboxylic acids is 2. The van der Waals surface area contributed by atoms with Gasteiger partial charge in [-0.25, -0.2) is 4.79 Å². The van der Waals surface area contributed by atoms with Crippen molar-refractivity contribution < 1.29 is 28.5 Å². The Kier molecular flexibility index (Phi) is 6.61. The SMILES string of the molecule is COc1cc(/C=C/C(=O)OCC(=O)Nc2cc(Cl)ccc2C)cc2c1OCCO2. The Morgan fingerprint density at radius 1 is 1.21 bits per heavy atom. The molecule has 8 heteroatoms. The highest BCUT2D eigenvalue weighted by Gasteiger charge is 2.18. The Labute approximate surface area is 173 Å². The number of hydrogen-bond acceptors (Lipinski definition) is 6. The summed E-state index contributed by atoms with van der Waals surface area (Å²) >= 11 is 5.92. The summed E-state index contributed by atoms with van der Waals surface area (Å²) in [4.78, 5) is 23.9. The van der Waals surface area contributed by atoms with Crippen LogP contribution < -0.4 is 19.5 Å². The quantitative estimate of drug-likeness (QED) is 0.571. The third kappa shape index (κ3) is 5.42. The molecule has 0 fully saturated rings. The van der Waals surface area contributed by atoms with E-state index >= 15 is 0 Å². The lowest BCUT2D eigenvalue weighted by Gasteiger charge is -2.20. The van der Waals surface area contributed by atoms with Crippen LogP contribution in [0, 0.1) is 6.92 Å². The first-order chi connectivity index (χ1) is 14.0. The zero-order valence-corrected chi connectivity index (χ0v) is 16.7. The summed E-state index contributed by atoms with van der Waals surface area (Å²) in [6, 6.07) is 8.59. The van der Waals surface area contributed by atoms with Crippen LogP contribution in [0.15, 0.2) is 36.4 Å². The largest absolute Gasteiger partial charge is 0.493 e. The molecule has 0 aromatic heterocycles. The van der Waals surface area contributed by atoms with Crippen molar-refractivity contribution in [3.05, 3.63) is 52.6 Å². The van der Waals surface area contributed by atoms with E-state index in [2.05, 4.69) is 5.32 Å². The molecule has 1 heterocycles. The fourth-order valence-electron chi connectivity index (χ4n) is 2.65. The standard InChI is InChI=1S/C21H20ClNO6/c1-13-3-5-15(22)11-16(13)23-19(24)12-29-20(25)6-4-14-9-17(26-2)21-18(10-14)27-7-8-28-21/h3-6,9-11H,7-8,12H2,1-2H3,(H,23,24)/b6-4+. The van der Waals surface area contributed by atoms with Crippen LogP contribution in [-0.2, 0) is 14.3 Å². The van der Waals surface area contributed by atoms with E-state index in [1.54, 1.807) is 36.4 Å². The Balaban J connectivity index is 1.57. The summed E-state index contributed by atoms with van der Waals surface area (Å²) in [6.07, 6.45) is 2.77. The Hall–Kier alpha value is -3.19. The summed E-state index contributed by atoms with van der Waals surface area (Å²) in [7, 11) is 1.52. The molecule has 29 heavy (non-hydrogen) atoms. The molecule has 1 N–H and O–H groups in total. The first kappa shape index (κ1) is 20.5. The number of benzene rings is 2. The van der Waals surface area contributed by atoms with Gasteiger partial charge in [-0.1, -0.05) is 17.7 Å². The Morgan fingerprint density at radius 2 is 2.00 bits per heavy atom. The van der Waals surface area contributed by atoms with Gasteiger partial charge in [0.15, 0.2) is 18.1 Å². The highest BCUT2D eigenvalue weighted by Crippen LogP contribution is 2.40. The zero-order valence-electron chi connectivity index (χ0n) is 16.0. The molecule has 0 saturated heterocycles. The molecule has 0 unspecified atom stereocenters. The van der Waals surface area contributed by atoms with Crippen molar-refractivity contribution in [3.8, 4) is 17.2 Å². The fourth-order valence-corrected chi connectivity index (χ4v) is 2.83. The second kappa shape index (κ2) is 9.34. The molecule has 0 spiro atoms. The molecule has 0 saturated carbocycles. The summed E-state index contributed by atoms with van der Waals surface area (Å²) in [6.45, 7) is 2.30. The summed E-state index contributed by atoms with van der Waals surface area (Å²) in [5, 5.41) is 3.16. The number of methoxy groups -OCH3 is 1. The van der Waals surface area contributed by atoms with Crippen molar-refractivity contribution in [3.63, 3.8) is 0 Å². The number of hydrogen-bond donors (Lipinski definition) is 1. The second-order valence-corrected chi connectivity index (χ2v) is 6.63. The first-order valence-electron chi connectivity index (χ1n) is 8.84. The van der Waals surface area contributed by atoms with Crippen LogP contribution in [0.3, 0.4) is 0 Å². The van der Waals surface area contributed by atoms with Crippen LogP contribution in [0.2, 0.25) is 5.02 Å². The summed E-state index contributed by atoms with van der Waals surface area (Å²) < 4.78 is 21.4. The average molecular weight is 418 g/mol. The van der Waals surface area contributed by atoms with Crippen LogP contribution in [-0.4, -0.2) is 38.8 Å². The van der Waals surface area contributed by atoms with E-state index in [9.17, 15) is 9.59 Å². The normalized spacial score (nSPS) is 12.5. The molecule has 0 bridgehead atoms. The molecule has 0 atom stereocenters. The topological polar surface area (TPSA) is 83.1 Å². The van der Waals surface area contributed by atoms with Crippen LogP contribution in [0.5, 0.6) is 17.2 Å². The van der Waals surface area contributed by atoms with Crippen LogP contribution in [0.4, 0.5) is 5.69 Å². The maximum atomic E-state index is 12.0. The van der Waals surface area contributed by atoms with Crippen molar-refractivity contribution in [1.29, 1.82) is 0 Å². The van der Waals surface area contributed by atoms with Gasteiger partial charge in [0.05, 0.1) is 7.11 Å². The number of carbonyl (C=O) groups is 2. The summed E-state index contributed by atoms with van der Waals surface area (Å²) in [5.41, 5.74) is 2.08. The number of anilines is 1. The van der Waals surface area contributed by atoms with Gasteiger partial charge in [0.25, 0.3) is 5.91 Å². The van der Waals surface area contributed by atoms with E-state index in [1.807, 2.05) is 6.92 Å². The van der Waals surface area contributed by atoms with Gasteiger partial charge >= 0.3 is 5.97 Å². The van der Waals surface area contributed by atoms with Crippen molar-refractivity contribution in [1.82, 2.24) is 0 Å². The molecule has 152 valence electrons. The molecular weight excluding hydrogens is 398 g/mol. The van der Waals surface area contributed by atoms with Gasteiger partial charge in [-0.15, -0.1) is 0 Å². The van der Waals surface area contributed by atoms with E-state index in [0.29, 0.717) is 46.7 Å². The minimum atomic E-state index is -0.656. The van der Waals surface area contributed by atoms with Gasteiger partial charge in [-0.05, 0) is 48.4 Å². The van der Waals surface area contributed by atoms with E-state index in [1.165, 1.54) is 13.2 Å². The smallest absolute Gasteiger partial charge is 0.331 e. The van der Waals surface area contributed by atoms with Crippen LogP contribution in [0.25, 0.3) is 6.08 Å². The molecule has 2 aromatic carbocycles. The van der Waals surface area contributed by atoms with E-state index in [0.717, 1.165) is 5.56 Å². The number of nitrogens with one attached hydrogen (secondary N) is 1. The van der Waals surface area contributed by atoms with E-state index in [-0.39, 0.29) is 0 Å². The number of amides is 1. The lowest BCUT2D eigenvalue weighted by atomic mass is 10.1. The van der Waals surface area contributed by atoms with Gasteiger partial charge in [0.2, 0.25) is 5.75 Å². The highest BCUT2D eigenvalue weighted by molar-refractivity contribution is 6.31. The molecule has 7 nitrogen and oxygen atoms in total. The van der Waals surface area contributed by atoms with E-state index in [4.69, 9.17) is 30.5 Å². The molecule has 0 radical (unpaired) electrons. The molecular formula is C21H20ClNO6. The van der Waals surface area contributed by atoms with Gasteiger partial charge in [-0.3, -0.25) is 4.79 Å². The van der Waals surface area contributed by atoms with E-state index < -0.39 is 18.5 Å². The van der Waals surface area contributed by atoms with Gasteiger partial charge in [0.1, 0.15) is 13.2 Å². The van der Waals surface area contributed by atoms with Gasteiger partial charge in [-0.2, -0.15) is 0 Å². The van der Waals surface area contributed by atoms with Crippen molar-refractivity contribution in [2.45, 2.75) is 6.92 Å². The third-order valence-electron chi connectivity index (χ3n) is 4.08. The lowest BCUT2D eigenvalue weighted by Crippen LogP contribution is -2.20.